The van der Waals surface area contributed by atoms with Gasteiger partial charge >= 0.3 is 6.18 Å². The number of nitrogens with zero attached hydrogens (tertiary/aromatic N) is 3. The van der Waals surface area contributed by atoms with Gasteiger partial charge in [-0.15, -0.1) is 11.3 Å². The first-order valence-corrected chi connectivity index (χ1v) is 11.1. The van der Waals surface area contributed by atoms with Crippen LogP contribution in [0.15, 0.2) is 10.4 Å². The molecule has 2 aliphatic rings. The number of rotatable bonds is 6. The van der Waals surface area contributed by atoms with Gasteiger partial charge in [-0.1, -0.05) is 0 Å². The van der Waals surface area contributed by atoms with Crippen molar-refractivity contribution in [3.63, 3.8) is 0 Å². The van der Waals surface area contributed by atoms with E-state index in [-0.39, 0.29) is 18.8 Å². The minimum atomic E-state index is -4.41. The molecule has 3 heterocycles. The van der Waals surface area contributed by atoms with Crippen LogP contribution in [0.3, 0.4) is 0 Å². The number of nitrogens with one attached hydrogen (secondary N) is 1. The summed E-state index contributed by atoms with van der Waals surface area (Å²) in [5, 5.41) is 4.63. The molecule has 29 heavy (non-hydrogen) atoms. The minimum Gasteiger partial charge on any atom is -0.376 e. The second-order valence-electron chi connectivity index (χ2n) is 7.30. The Morgan fingerprint density at radius 1 is 1.34 bits per heavy atom. The van der Waals surface area contributed by atoms with Gasteiger partial charge in [-0.2, -0.15) is 13.2 Å². The van der Waals surface area contributed by atoms with E-state index < -0.39 is 11.9 Å². The number of aromatic nitrogens is 1. The summed E-state index contributed by atoms with van der Waals surface area (Å²) in [5.74, 6) is 0.713. The largest absolute Gasteiger partial charge is 0.434 e. The van der Waals surface area contributed by atoms with Crippen molar-refractivity contribution in [3.05, 3.63) is 16.1 Å². The molecule has 1 N–H and O–H groups in total. The second-order valence-corrected chi connectivity index (χ2v) is 8.25. The molecule has 2 fully saturated rings. The van der Waals surface area contributed by atoms with E-state index in [1.807, 2.05) is 6.92 Å². The summed E-state index contributed by atoms with van der Waals surface area (Å²) >= 11 is 0.987. The van der Waals surface area contributed by atoms with Gasteiger partial charge in [-0.3, -0.25) is 0 Å². The average molecular weight is 435 g/mol. The van der Waals surface area contributed by atoms with E-state index in [0.29, 0.717) is 24.1 Å². The minimum absolute atomic E-state index is 0.137. The van der Waals surface area contributed by atoms with Gasteiger partial charge in [-0.25, -0.2) is 9.98 Å². The van der Waals surface area contributed by atoms with Crippen LogP contribution < -0.4 is 5.32 Å². The van der Waals surface area contributed by atoms with Crippen LogP contribution in [0.2, 0.25) is 0 Å². The highest BCUT2D eigenvalue weighted by molar-refractivity contribution is 7.09. The molecule has 3 rings (SSSR count). The van der Waals surface area contributed by atoms with E-state index in [0.717, 1.165) is 62.1 Å². The first-order chi connectivity index (χ1) is 14.0. The zero-order valence-corrected chi connectivity index (χ0v) is 17.5. The van der Waals surface area contributed by atoms with E-state index in [1.165, 1.54) is 6.42 Å². The van der Waals surface area contributed by atoms with E-state index in [2.05, 4.69) is 20.2 Å². The standard InChI is InChI=1S/C19H29F3N4O2S/c1-2-23-18(24-11-17-25-16(13-29-17)19(20,21)22)26-8-6-14(7-9-26)28-12-15-5-3-4-10-27-15/h13-15H,2-12H2,1H3,(H,23,24). The van der Waals surface area contributed by atoms with Gasteiger partial charge in [0.25, 0.3) is 0 Å². The molecule has 0 saturated carbocycles. The number of likely N-dealkylation sites (tertiary alicyclic amines) is 1. The monoisotopic (exact) mass is 434 g/mol. The number of piperidine rings is 1. The fourth-order valence-electron chi connectivity index (χ4n) is 3.50. The number of guanidine groups is 1. The third-order valence-electron chi connectivity index (χ3n) is 5.07. The fraction of sp³-hybridized carbons (Fsp3) is 0.789. The summed E-state index contributed by atoms with van der Waals surface area (Å²) in [6.07, 6.45) is 1.24. The van der Waals surface area contributed by atoms with Crippen molar-refractivity contribution in [2.24, 2.45) is 4.99 Å². The highest BCUT2D eigenvalue weighted by atomic mass is 32.1. The molecule has 0 amide bonds. The number of aliphatic imine (C=N–C) groups is 1. The van der Waals surface area contributed by atoms with Crippen LogP contribution in [-0.4, -0.2) is 60.9 Å². The zero-order valence-electron chi connectivity index (χ0n) is 16.7. The molecule has 2 saturated heterocycles. The van der Waals surface area contributed by atoms with Gasteiger partial charge in [-0.05, 0) is 39.0 Å². The first kappa shape index (κ1) is 22.3. The second kappa shape index (κ2) is 10.6. The molecule has 0 radical (unpaired) electrons. The highest BCUT2D eigenvalue weighted by Gasteiger charge is 2.33. The summed E-state index contributed by atoms with van der Waals surface area (Å²) in [6, 6.07) is 0. The smallest absolute Gasteiger partial charge is 0.376 e. The lowest BCUT2D eigenvalue weighted by atomic mass is 10.1. The quantitative estimate of drug-likeness (QED) is 0.547. The molecule has 164 valence electrons. The molecule has 1 aromatic rings. The van der Waals surface area contributed by atoms with Gasteiger partial charge in [0, 0.05) is 31.6 Å². The normalized spacial score (nSPS) is 22.1. The van der Waals surface area contributed by atoms with Crippen LogP contribution in [0.1, 0.15) is 49.7 Å². The van der Waals surface area contributed by atoms with Crippen molar-refractivity contribution < 1.29 is 22.6 Å². The summed E-state index contributed by atoms with van der Waals surface area (Å²) in [5.41, 5.74) is -0.849. The lowest BCUT2D eigenvalue weighted by molar-refractivity contribution is -0.140. The summed E-state index contributed by atoms with van der Waals surface area (Å²) in [4.78, 5) is 10.3. The molecule has 0 bridgehead atoms. The summed E-state index contributed by atoms with van der Waals surface area (Å²) in [6.45, 7) is 5.89. The Kier molecular flexibility index (Phi) is 8.14. The summed E-state index contributed by atoms with van der Waals surface area (Å²) in [7, 11) is 0. The molecule has 6 nitrogen and oxygen atoms in total. The fourth-order valence-corrected chi connectivity index (χ4v) is 4.22. The van der Waals surface area contributed by atoms with E-state index in [9.17, 15) is 13.2 Å². The van der Waals surface area contributed by atoms with E-state index >= 15 is 0 Å². The van der Waals surface area contributed by atoms with Crippen molar-refractivity contribution >= 4 is 17.3 Å². The molecule has 0 aromatic carbocycles. The number of ether oxygens (including phenoxy) is 2. The van der Waals surface area contributed by atoms with E-state index in [1.54, 1.807) is 0 Å². The van der Waals surface area contributed by atoms with Crippen LogP contribution in [-0.2, 0) is 22.2 Å². The van der Waals surface area contributed by atoms with Crippen LogP contribution in [0.4, 0.5) is 13.2 Å². The maximum Gasteiger partial charge on any atom is 0.434 e. The van der Waals surface area contributed by atoms with Gasteiger partial charge in [0.15, 0.2) is 11.7 Å². The first-order valence-electron chi connectivity index (χ1n) is 10.2. The van der Waals surface area contributed by atoms with Crippen molar-refractivity contribution in [1.82, 2.24) is 15.2 Å². The highest BCUT2D eigenvalue weighted by Crippen LogP contribution is 2.30. The molecular weight excluding hydrogens is 405 g/mol. The molecule has 1 aromatic heterocycles. The van der Waals surface area contributed by atoms with Gasteiger partial charge < -0.3 is 19.7 Å². The van der Waals surface area contributed by atoms with Crippen LogP contribution in [0.25, 0.3) is 0 Å². The average Bonchev–Trinajstić information content (AvgIpc) is 3.20. The molecule has 0 spiro atoms. The Balaban J connectivity index is 1.48. The molecule has 10 heteroatoms. The molecular formula is C19H29F3N4O2S. The Morgan fingerprint density at radius 2 is 2.14 bits per heavy atom. The lowest BCUT2D eigenvalue weighted by Gasteiger charge is -2.35. The topological polar surface area (TPSA) is 59.0 Å². The predicted molar refractivity (Wildman–Crippen MR) is 106 cm³/mol. The maximum atomic E-state index is 12.7. The van der Waals surface area contributed by atoms with E-state index in [4.69, 9.17) is 9.47 Å². The number of halogens is 3. The molecule has 0 aliphatic carbocycles. The van der Waals surface area contributed by atoms with Crippen LogP contribution in [0, 0.1) is 0 Å². The van der Waals surface area contributed by atoms with Crippen molar-refractivity contribution in [3.8, 4) is 0 Å². The number of alkyl halides is 3. The number of hydrogen-bond donors (Lipinski definition) is 1. The maximum absolute atomic E-state index is 12.7. The van der Waals surface area contributed by atoms with Crippen molar-refractivity contribution in [2.45, 2.75) is 64.0 Å². The molecule has 2 aliphatic heterocycles. The SMILES string of the molecule is CCNC(=NCc1nc(C(F)(F)F)cs1)N1CCC(OCC2CCCCO2)CC1. The Morgan fingerprint density at radius 3 is 2.76 bits per heavy atom. The molecule has 1 atom stereocenters. The third kappa shape index (κ3) is 6.82. The van der Waals surface area contributed by atoms with Crippen LogP contribution >= 0.6 is 11.3 Å². The Bertz CT molecular complexity index is 654. The molecule has 1 unspecified atom stereocenters. The zero-order chi connectivity index (χ0) is 20.7. The number of hydrogen-bond acceptors (Lipinski definition) is 5. The van der Waals surface area contributed by atoms with Gasteiger partial charge in [0.2, 0.25) is 0 Å². The van der Waals surface area contributed by atoms with Crippen molar-refractivity contribution in [1.29, 1.82) is 0 Å². The van der Waals surface area contributed by atoms with Crippen molar-refractivity contribution in [2.75, 3.05) is 32.8 Å². The third-order valence-corrected chi connectivity index (χ3v) is 5.91. The van der Waals surface area contributed by atoms with Crippen LogP contribution in [0.5, 0.6) is 0 Å². The van der Waals surface area contributed by atoms with Gasteiger partial charge in [0.05, 0.1) is 25.4 Å². The Labute approximate surface area is 173 Å². The number of thiazole rings is 1. The predicted octanol–water partition coefficient (Wildman–Crippen LogP) is 3.68. The lowest BCUT2D eigenvalue weighted by Crippen LogP contribution is -2.47. The Hall–Kier alpha value is -1.39. The summed E-state index contributed by atoms with van der Waals surface area (Å²) < 4.78 is 49.9. The van der Waals surface area contributed by atoms with Gasteiger partial charge in [0.1, 0.15) is 5.01 Å².